The van der Waals surface area contributed by atoms with E-state index >= 15 is 0 Å². The van der Waals surface area contributed by atoms with Crippen molar-refractivity contribution in [1.29, 1.82) is 0 Å². The van der Waals surface area contributed by atoms with E-state index < -0.39 is 0 Å². The van der Waals surface area contributed by atoms with Crippen LogP contribution in [0.1, 0.15) is 23.7 Å². The SMILES string of the molecule is CCC(CSC)N(C)C(=O)c1cc(Br)cnc1Cl. The monoisotopic (exact) mass is 350 g/mol. The van der Waals surface area contributed by atoms with Gasteiger partial charge in [-0.25, -0.2) is 4.98 Å². The first-order valence-corrected chi connectivity index (χ1v) is 8.14. The van der Waals surface area contributed by atoms with Gasteiger partial charge in [-0.1, -0.05) is 18.5 Å². The van der Waals surface area contributed by atoms with Gasteiger partial charge in [-0.2, -0.15) is 11.8 Å². The lowest BCUT2D eigenvalue weighted by Gasteiger charge is -2.27. The summed E-state index contributed by atoms with van der Waals surface area (Å²) in [5.74, 6) is 0.826. The summed E-state index contributed by atoms with van der Waals surface area (Å²) in [5, 5.41) is 0.244. The molecule has 100 valence electrons. The summed E-state index contributed by atoms with van der Waals surface area (Å²) in [5.41, 5.74) is 0.438. The maximum Gasteiger partial charge on any atom is 0.257 e. The van der Waals surface area contributed by atoms with Crippen LogP contribution in [-0.4, -0.2) is 40.9 Å². The molecule has 0 saturated heterocycles. The van der Waals surface area contributed by atoms with E-state index in [0.717, 1.165) is 16.6 Å². The van der Waals surface area contributed by atoms with Crippen LogP contribution in [0.4, 0.5) is 0 Å². The van der Waals surface area contributed by atoms with Gasteiger partial charge in [0.1, 0.15) is 5.15 Å². The van der Waals surface area contributed by atoms with Crippen LogP contribution in [0.15, 0.2) is 16.7 Å². The molecule has 0 aliphatic heterocycles. The average Bonchev–Trinajstić information content (AvgIpc) is 2.37. The highest BCUT2D eigenvalue weighted by Crippen LogP contribution is 2.21. The molecular formula is C12H16BrClN2OS. The third-order valence-electron chi connectivity index (χ3n) is 2.73. The van der Waals surface area contributed by atoms with Crippen molar-refractivity contribution in [2.75, 3.05) is 19.1 Å². The van der Waals surface area contributed by atoms with Gasteiger partial charge in [0.25, 0.3) is 5.91 Å². The summed E-state index contributed by atoms with van der Waals surface area (Å²) >= 11 is 11.0. The molecule has 0 saturated carbocycles. The minimum absolute atomic E-state index is 0.0882. The third kappa shape index (κ3) is 3.87. The Balaban J connectivity index is 2.95. The molecule has 0 N–H and O–H groups in total. The van der Waals surface area contributed by atoms with Gasteiger partial charge < -0.3 is 4.90 Å². The van der Waals surface area contributed by atoms with Gasteiger partial charge in [-0.3, -0.25) is 4.79 Å². The highest BCUT2D eigenvalue weighted by molar-refractivity contribution is 9.10. The number of nitrogens with zero attached hydrogens (tertiary/aromatic N) is 2. The molecule has 0 spiro atoms. The molecule has 0 aliphatic carbocycles. The molecule has 18 heavy (non-hydrogen) atoms. The Hall–Kier alpha value is -0.260. The van der Waals surface area contributed by atoms with Crippen molar-refractivity contribution < 1.29 is 4.79 Å². The number of carbonyl (C=O) groups excluding carboxylic acids is 1. The maximum atomic E-state index is 12.4. The summed E-state index contributed by atoms with van der Waals surface area (Å²) in [6, 6.07) is 1.92. The average molecular weight is 352 g/mol. The van der Waals surface area contributed by atoms with Gasteiger partial charge in [0.15, 0.2) is 0 Å². The second kappa shape index (κ2) is 7.36. The minimum Gasteiger partial charge on any atom is -0.338 e. The first-order valence-electron chi connectivity index (χ1n) is 5.58. The smallest absolute Gasteiger partial charge is 0.257 e. The van der Waals surface area contributed by atoms with Gasteiger partial charge in [-0.15, -0.1) is 0 Å². The van der Waals surface area contributed by atoms with Gasteiger partial charge in [-0.05, 0) is 34.7 Å². The van der Waals surface area contributed by atoms with E-state index in [1.54, 1.807) is 28.9 Å². The molecule has 1 aromatic heterocycles. The first kappa shape index (κ1) is 15.8. The quantitative estimate of drug-likeness (QED) is 0.758. The second-order valence-electron chi connectivity index (χ2n) is 3.93. The Morgan fingerprint density at radius 3 is 2.89 bits per heavy atom. The molecule has 1 unspecified atom stereocenters. The first-order chi connectivity index (χ1) is 8.51. The minimum atomic E-state index is -0.0882. The molecule has 1 heterocycles. The molecule has 1 amide bonds. The van der Waals surface area contributed by atoms with Crippen LogP contribution in [-0.2, 0) is 0 Å². The van der Waals surface area contributed by atoms with Crippen molar-refractivity contribution in [3.05, 3.63) is 27.5 Å². The van der Waals surface area contributed by atoms with Crippen LogP contribution in [0, 0.1) is 0 Å². The van der Waals surface area contributed by atoms with Gasteiger partial charge in [0.05, 0.1) is 5.56 Å². The zero-order valence-electron chi connectivity index (χ0n) is 10.6. The van der Waals surface area contributed by atoms with Gasteiger partial charge in [0, 0.05) is 29.5 Å². The zero-order chi connectivity index (χ0) is 13.7. The number of rotatable bonds is 5. The molecule has 0 aromatic carbocycles. The van der Waals surface area contributed by atoms with Crippen LogP contribution in [0.5, 0.6) is 0 Å². The van der Waals surface area contributed by atoms with Crippen LogP contribution in [0.3, 0.4) is 0 Å². The maximum absolute atomic E-state index is 12.4. The van der Waals surface area contributed by atoms with E-state index in [4.69, 9.17) is 11.6 Å². The van der Waals surface area contributed by atoms with Crippen molar-refractivity contribution >= 4 is 45.2 Å². The summed E-state index contributed by atoms with van der Waals surface area (Å²) in [4.78, 5) is 18.1. The van der Waals surface area contributed by atoms with Crippen molar-refractivity contribution in [2.45, 2.75) is 19.4 Å². The predicted octanol–water partition coefficient (Wildman–Crippen LogP) is 3.71. The van der Waals surface area contributed by atoms with Crippen LogP contribution in [0.25, 0.3) is 0 Å². The predicted molar refractivity (Wildman–Crippen MR) is 81.5 cm³/mol. The number of pyridine rings is 1. The highest BCUT2D eigenvalue weighted by Gasteiger charge is 2.22. The second-order valence-corrected chi connectivity index (χ2v) is 6.11. The lowest BCUT2D eigenvalue weighted by atomic mass is 10.2. The van der Waals surface area contributed by atoms with Crippen LogP contribution < -0.4 is 0 Å². The van der Waals surface area contributed by atoms with E-state index in [2.05, 4.69) is 27.8 Å². The lowest BCUT2D eigenvalue weighted by molar-refractivity contribution is 0.0743. The molecule has 3 nitrogen and oxygen atoms in total. The van der Waals surface area contributed by atoms with Crippen molar-refractivity contribution in [1.82, 2.24) is 9.88 Å². The number of hydrogen-bond donors (Lipinski definition) is 0. The summed E-state index contributed by atoms with van der Waals surface area (Å²) in [6.45, 7) is 2.07. The fraction of sp³-hybridized carbons (Fsp3) is 0.500. The lowest BCUT2D eigenvalue weighted by Crippen LogP contribution is -2.38. The fourth-order valence-electron chi connectivity index (χ4n) is 1.62. The normalized spacial score (nSPS) is 12.3. The topological polar surface area (TPSA) is 33.2 Å². The summed E-state index contributed by atoms with van der Waals surface area (Å²) < 4.78 is 0.751. The molecule has 0 bridgehead atoms. The Morgan fingerprint density at radius 1 is 1.67 bits per heavy atom. The standard InChI is InChI=1S/C12H16BrClN2OS/c1-4-9(7-18-3)16(2)12(17)10-5-8(13)6-15-11(10)14/h5-6,9H,4,7H2,1-3H3. The van der Waals surface area contributed by atoms with E-state index in [9.17, 15) is 4.79 Å². The number of carbonyl (C=O) groups is 1. The summed E-state index contributed by atoms with van der Waals surface area (Å²) in [6.07, 6.45) is 4.54. The molecule has 6 heteroatoms. The van der Waals surface area contributed by atoms with Crippen LogP contribution >= 0.6 is 39.3 Å². The van der Waals surface area contributed by atoms with Crippen LogP contribution in [0.2, 0.25) is 5.15 Å². The highest BCUT2D eigenvalue weighted by atomic mass is 79.9. The summed E-state index contributed by atoms with van der Waals surface area (Å²) in [7, 11) is 1.81. The fourth-order valence-corrected chi connectivity index (χ4v) is 2.98. The molecule has 0 radical (unpaired) electrons. The third-order valence-corrected chi connectivity index (χ3v) is 4.19. The Labute approximate surface area is 125 Å². The van der Waals surface area contributed by atoms with Crippen molar-refractivity contribution in [3.8, 4) is 0 Å². The van der Waals surface area contributed by atoms with Crippen molar-refractivity contribution in [2.24, 2.45) is 0 Å². The number of thioether (sulfide) groups is 1. The molecule has 0 fully saturated rings. The van der Waals surface area contributed by atoms with Crippen molar-refractivity contribution in [3.63, 3.8) is 0 Å². The molecule has 0 aliphatic rings. The Morgan fingerprint density at radius 2 is 2.33 bits per heavy atom. The number of amides is 1. The number of aromatic nitrogens is 1. The molecular weight excluding hydrogens is 336 g/mol. The molecule has 1 aromatic rings. The zero-order valence-corrected chi connectivity index (χ0v) is 13.8. The van der Waals surface area contributed by atoms with E-state index in [-0.39, 0.29) is 17.1 Å². The number of halogens is 2. The van der Waals surface area contributed by atoms with E-state index in [1.165, 1.54) is 0 Å². The molecule has 1 rings (SSSR count). The van der Waals surface area contributed by atoms with E-state index in [1.807, 2.05) is 13.3 Å². The molecule has 1 atom stereocenters. The van der Waals surface area contributed by atoms with Gasteiger partial charge in [0.2, 0.25) is 0 Å². The Kier molecular flexibility index (Phi) is 6.46. The largest absolute Gasteiger partial charge is 0.338 e. The van der Waals surface area contributed by atoms with Gasteiger partial charge >= 0.3 is 0 Å². The number of hydrogen-bond acceptors (Lipinski definition) is 3. The van der Waals surface area contributed by atoms with E-state index in [0.29, 0.717) is 5.56 Å². The Bertz CT molecular complexity index is 431.